The summed E-state index contributed by atoms with van der Waals surface area (Å²) in [6.07, 6.45) is 0.393. The molecule has 5 heterocycles. The largest absolute Gasteiger partial charge is 0.396 e. The van der Waals surface area contributed by atoms with Crippen LogP contribution in [-0.2, 0) is 70.5 Å². The van der Waals surface area contributed by atoms with E-state index in [2.05, 4.69) is 31.2 Å². The lowest BCUT2D eigenvalue weighted by Gasteiger charge is -2.35. The number of fused-ring (bicyclic) bond motifs is 1. The summed E-state index contributed by atoms with van der Waals surface area (Å²) in [6.45, 7) is 7.64. The molecular weight excluding hydrogens is 1140 g/mol. The number of aliphatic hydroxyl groups is 1. The molecule has 0 radical (unpaired) electrons. The number of H-pyrrole nitrogens is 1. The van der Waals surface area contributed by atoms with Crippen molar-refractivity contribution >= 4 is 88.2 Å². The SMILES string of the molecule is Cc1ncsc1-c1ccc(CNC(=O)[C@@H]2C[C@@H](O)CN2C(=O)[C@@H](NC(=O)CCCc2ccc(CNC(=O)[C@H](CCC(N)=O)NC(=O)[C@@H]3Cc4cccc5c4N3C(=O)[C@@H](CC(=O)c3cc4cc(C(=O)P(=O)(O)O)ccc4[nH]3)CC5)cc2)C(C)(C)C)cc1. The van der Waals surface area contributed by atoms with Crippen LogP contribution in [0.15, 0.2) is 96.5 Å². The van der Waals surface area contributed by atoms with Crippen LogP contribution >= 0.6 is 18.9 Å². The zero-order valence-electron chi connectivity index (χ0n) is 48.1. The number of amides is 7. The average molecular weight is 1210 g/mol. The summed E-state index contributed by atoms with van der Waals surface area (Å²) in [7, 11) is -5.06. The fourth-order valence-corrected chi connectivity index (χ4v) is 12.7. The number of aliphatic hydroxyl groups excluding tert-OH is 1. The summed E-state index contributed by atoms with van der Waals surface area (Å²) in [6, 6.07) is 21.8. The molecule has 24 heteroatoms. The van der Waals surface area contributed by atoms with Gasteiger partial charge >= 0.3 is 7.60 Å². The second kappa shape index (κ2) is 26.2. The van der Waals surface area contributed by atoms with Crippen molar-refractivity contribution in [1.82, 2.24) is 36.1 Å². The van der Waals surface area contributed by atoms with Crippen LogP contribution in [0.4, 0.5) is 5.69 Å². The highest BCUT2D eigenvalue weighted by Gasteiger charge is 2.46. The van der Waals surface area contributed by atoms with Crippen molar-refractivity contribution < 1.29 is 62.6 Å². The molecule has 9 rings (SSSR count). The molecule has 10 N–H and O–H groups in total. The van der Waals surface area contributed by atoms with Crippen molar-refractivity contribution in [2.75, 3.05) is 11.4 Å². The number of nitrogens with two attached hydrogens (primary N) is 1. The molecular formula is C62H70N9O13PS. The van der Waals surface area contributed by atoms with E-state index < -0.39 is 96.0 Å². The maximum Gasteiger partial charge on any atom is 0.396 e. The van der Waals surface area contributed by atoms with Crippen molar-refractivity contribution in [3.63, 3.8) is 0 Å². The Labute approximate surface area is 500 Å². The van der Waals surface area contributed by atoms with Gasteiger partial charge in [-0.25, -0.2) is 4.98 Å². The van der Waals surface area contributed by atoms with Gasteiger partial charge in [0.05, 0.1) is 33.6 Å². The van der Waals surface area contributed by atoms with Gasteiger partial charge in [-0.3, -0.25) is 52.6 Å². The highest BCUT2D eigenvalue weighted by Crippen LogP contribution is 2.42. The Bertz CT molecular complexity index is 3660. The van der Waals surface area contributed by atoms with Crippen LogP contribution in [0.2, 0.25) is 0 Å². The maximum absolute atomic E-state index is 14.6. The highest BCUT2D eigenvalue weighted by atomic mass is 32.1. The molecule has 2 aromatic heterocycles. The van der Waals surface area contributed by atoms with Crippen LogP contribution in [0.3, 0.4) is 0 Å². The number of thiazole rings is 1. The number of ketones is 1. The molecule has 0 saturated carbocycles. The molecule has 452 valence electrons. The van der Waals surface area contributed by atoms with E-state index in [4.69, 9.17) is 5.73 Å². The van der Waals surface area contributed by atoms with E-state index in [0.29, 0.717) is 41.4 Å². The fourth-order valence-electron chi connectivity index (χ4n) is 11.4. The van der Waals surface area contributed by atoms with Crippen molar-refractivity contribution in [3.8, 4) is 10.4 Å². The van der Waals surface area contributed by atoms with Gasteiger partial charge in [0, 0.05) is 74.1 Å². The molecule has 0 bridgehead atoms. The molecule has 1 fully saturated rings. The van der Waals surface area contributed by atoms with Gasteiger partial charge in [0.15, 0.2) is 5.78 Å². The number of para-hydroxylation sites is 1. The van der Waals surface area contributed by atoms with Crippen LogP contribution in [0.25, 0.3) is 21.3 Å². The third kappa shape index (κ3) is 14.5. The van der Waals surface area contributed by atoms with Crippen molar-refractivity contribution in [3.05, 3.63) is 141 Å². The summed E-state index contributed by atoms with van der Waals surface area (Å²) >= 11 is 1.55. The van der Waals surface area contributed by atoms with E-state index in [-0.39, 0.29) is 81.7 Å². The predicted octanol–water partition coefficient (Wildman–Crippen LogP) is 5.21. The lowest BCUT2D eigenvalue weighted by molar-refractivity contribution is -0.144. The minimum absolute atomic E-state index is 0.0486. The van der Waals surface area contributed by atoms with Crippen molar-refractivity contribution in [1.29, 1.82) is 0 Å². The molecule has 22 nitrogen and oxygen atoms in total. The average Bonchev–Trinajstić information content (AvgIpc) is 1.84. The summed E-state index contributed by atoms with van der Waals surface area (Å²) in [5.74, 6) is -4.92. The molecule has 6 aromatic rings. The number of aromatic nitrogens is 2. The Morgan fingerprint density at radius 1 is 0.849 bits per heavy atom. The lowest BCUT2D eigenvalue weighted by Crippen LogP contribution is -2.57. The first-order chi connectivity index (χ1) is 40.8. The Balaban J connectivity index is 0.766. The fraction of sp³-hybridized carbons (Fsp3) is 0.387. The molecule has 0 spiro atoms. The molecule has 6 atom stereocenters. The Hall–Kier alpha value is -8.21. The second-order valence-corrected chi connectivity index (χ2v) is 25.8. The van der Waals surface area contributed by atoms with E-state index in [1.54, 1.807) is 16.8 Å². The minimum Gasteiger partial charge on any atom is -0.391 e. The minimum atomic E-state index is -5.06. The summed E-state index contributed by atoms with van der Waals surface area (Å²) in [5, 5.41) is 22.5. The van der Waals surface area contributed by atoms with Gasteiger partial charge in [0.2, 0.25) is 41.4 Å². The van der Waals surface area contributed by atoms with E-state index in [1.807, 2.05) is 94.4 Å². The van der Waals surface area contributed by atoms with Crippen LogP contribution in [-0.4, -0.2) is 119 Å². The zero-order chi connectivity index (χ0) is 61.8. The van der Waals surface area contributed by atoms with Crippen molar-refractivity contribution in [2.45, 2.75) is 135 Å². The van der Waals surface area contributed by atoms with Crippen LogP contribution in [0, 0.1) is 18.3 Å². The number of carbonyl (C=O) groups excluding carboxylic acids is 9. The number of aryl methyl sites for hydroxylation is 3. The van der Waals surface area contributed by atoms with Gasteiger partial charge in [-0.15, -0.1) is 11.3 Å². The van der Waals surface area contributed by atoms with Crippen LogP contribution < -0.4 is 31.9 Å². The summed E-state index contributed by atoms with van der Waals surface area (Å²) in [4.78, 5) is 152. The van der Waals surface area contributed by atoms with Crippen LogP contribution in [0.5, 0.6) is 0 Å². The third-order valence-corrected chi connectivity index (χ3v) is 17.8. The number of hydrogen-bond donors (Lipinski definition) is 9. The number of nitrogens with zero attached hydrogens (tertiary/aromatic N) is 3. The Kier molecular flexibility index (Phi) is 19.0. The molecule has 3 aliphatic heterocycles. The molecule has 4 aromatic carbocycles. The number of β-amino-alcohol motifs (C(OH)–C–C–N with tert-alkyl or cyclic N) is 1. The normalized spacial score (nSPS) is 18.2. The first kappa shape index (κ1) is 62.3. The molecule has 7 amide bonds. The number of rotatable bonds is 23. The number of likely N-dealkylation sites (tertiary alicyclic amines) is 1. The molecule has 0 unspecified atom stereocenters. The van der Waals surface area contributed by atoms with Gasteiger partial charge in [-0.05, 0) is 102 Å². The summed E-state index contributed by atoms with van der Waals surface area (Å²) < 4.78 is 11.6. The van der Waals surface area contributed by atoms with Crippen molar-refractivity contribution in [2.24, 2.45) is 17.1 Å². The smallest absolute Gasteiger partial charge is 0.391 e. The highest BCUT2D eigenvalue weighted by molar-refractivity contribution is 7.70. The topological polar surface area (TPSA) is 341 Å². The predicted molar refractivity (Wildman–Crippen MR) is 320 cm³/mol. The van der Waals surface area contributed by atoms with E-state index in [9.17, 15) is 62.6 Å². The van der Waals surface area contributed by atoms with Gasteiger partial charge in [-0.2, -0.15) is 0 Å². The number of nitrogens with one attached hydrogen (secondary N) is 5. The van der Waals surface area contributed by atoms with Gasteiger partial charge < -0.3 is 51.8 Å². The van der Waals surface area contributed by atoms with E-state index in [0.717, 1.165) is 38.4 Å². The first-order valence-electron chi connectivity index (χ1n) is 28.5. The van der Waals surface area contributed by atoms with E-state index in [1.165, 1.54) is 34.1 Å². The Morgan fingerprint density at radius 2 is 1.53 bits per heavy atom. The van der Waals surface area contributed by atoms with Gasteiger partial charge in [0.25, 0.3) is 5.52 Å². The lowest BCUT2D eigenvalue weighted by atomic mass is 9.85. The second-order valence-electron chi connectivity index (χ2n) is 23.4. The maximum atomic E-state index is 14.6. The number of primary amides is 1. The Morgan fingerprint density at radius 3 is 2.21 bits per heavy atom. The number of carbonyl (C=O) groups is 9. The van der Waals surface area contributed by atoms with E-state index >= 15 is 0 Å². The quantitative estimate of drug-likeness (QED) is 0.0294. The third-order valence-electron chi connectivity index (χ3n) is 16.1. The summed E-state index contributed by atoms with van der Waals surface area (Å²) in [5.41, 5.74) is 12.1. The monoisotopic (exact) mass is 1210 g/mol. The van der Waals surface area contributed by atoms with Gasteiger partial charge in [-0.1, -0.05) is 87.5 Å². The number of benzene rings is 4. The number of aromatic amines is 1. The first-order valence-corrected chi connectivity index (χ1v) is 31.0. The molecule has 3 aliphatic rings. The van der Waals surface area contributed by atoms with Gasteiger partial charge in [0.1, 0.15) is 24.2 Å². The molecule has 1 saturated heterocycles. The molecule has 86 heavy (non-hydrogen) atoms. The van der Waals surface area contributed by atoms with Crippen LogP contribution in [0.1, 0.15) is 120 Å². The number of Topliss-reactive ketones (excluding diaryl/α,β-unsaturated/α-hetero) is 1. The number of anilines is 1. The molecule has 0 aliphatic carbocycles. The number of hydrogen-bond acceptors (Lipinski definition) is 13. The standard InChI is InChI=1S/C62H70N9O13PS/c1-34-54(86-33-66-34)39-17-15-37(16-18-39)31-65-57(77)48-29-44(72)32-70(48)60(80)55(62(2,3)4)69-52(75)10-5-7-35-11-13-36(14-12-35)30-64-56(76)46(23-24-51(63)74)68-58(78)49-27-40-9-6-8-38-19-20-41(59(79)71(49)53(38)40)28-50(73)47-26-43-25-42(21-22-45(43)67-47)61(81)85(82,83)84/h6,8-9,11-18,21-22,25-26,33,41,44,46,48-49,55,67,72H,5,7,10,19-20,23-24,27-32H2,1-4H3,(H2,63,74)(H,64,76)(H,65,77)(H,68,78)(H,69,75)(H2,82,83,84)/t41-,44-,46+,48+,49+,55-/m1/s1. The zero-order valence-corrected chi connectivity index (χ0v) is 49.8.